The van der Waals surface area contributed by atoms with Gasteiger partial charge in [-0.15, -0.1) is 0 Å². The number of anilines is 1. The maximum absolute atomic E-state index is 11.5. The average Bonchev–Trinajstić information content (AvgIpc) is 2.77. The third-order valence-corrected chi connectivity index (χ3v) is 3.17. The summed E-state index contributed by atoms with van der Waals surface area (Å²) in [5.41, 5.74) is 2.49. The van der Waals surface area contributed by atoms with E-state index in [1.54, 1.807) is 13.1 Å². The molecular weight excluding hydrogens is 298 g/mol. The number of carbonyl (C=O) groups excluding carboxylic acids is 1. The van der Waals surface area contributed by atoms with Gasteiger partial charge in [0.15, 0.2) is 10.8 Å². The summed E-state index contributed by atoms with van der Waals surface area (Å²) in [5, 5.41) is 2.82. The van der Waals surface area contributed by atoms with Gasteiger partial charge in [0.25, 0.3) is 5.91 Å². The monoisotopic (exact) mass is 307 g/mol. The van der Waals surface area contributed by atoms with Gasteiger partial charge in [0, 0.05) is 5.56 Å². The summed E-state index contributed by atoms with van der Waals surface area (Å²) in [6.07, 6.45) is 1.27. The molecule has 92 valence electrons. The quantitative estimate of drug-likeness (QED) is 0.851. The molecule has 2 heterocycles. The van der Waals surface area contributed by atoms with E-state index in [2.05, 4.69) is 31.2 Å². The number of fused-ring (bicyclic) bond motifs is 1. The fourth-order valence-electron chi connectivity index (χ4n) is 1.82. The fourth-order valence-corrected chi connectivity index (χ4v) is 2.14. The molecule has 0 saturated heterocycles. The lowest BCUT2D eigenvalue weighted by Gasteiger charge is -2.23. The Kier molecular flexibility index (Phi) is 2.59. The third kappa shape index (κ3) is 1.88. The molecule has 1 aliphatic heterocycles. The van der Waals surface area contributed by atoms with E-state index < -0.39 is 6.10 Å². The highest BCUT2D eigenvalue weighted by Crippen LogP contribution is 2.33. The van der Waals surface area contributed by atoms with Crippen LogP contribution in [0.15, 0.2) is 29.1 Å². The first-order valence-electron chi connectivity index (χ1n) is 5.46. The Morgan fingerprint density at radius 1 is 1.44 bits per heavy atom. The predicted octanol–water partition coefficient (Wildman–Crippen LogP) is 2.56. The third-order valence-electron chi connectivity index (χ3n) is 2.77. The maximum atomic E-state index is 11.5. The molecule has 18 heavy (non-hydrogen) atoms. The molecule has 2 aromatic rings. The van der Waals surface area contributed by atoms with Crippen LogP contribution in [-0.2, 0) is 4.79 Å². The Balaban J connectivity index is 2.01. The van der Waals surface area contributed by atoms with Gasteiger partial charge in [-0.25, -0.2) is 4.98 Å². The molecule has 1 aliphatic rings. The standard InChI is InChI=1S/C12H10BrN3O2/c1-6-11(17)15-8-4-7(2-3-10(8)18-6)9-5-14-12(13)16-9/h2-6H,1H3,(H,14,16)(H,15,17). The number of ether oxygens (including phenoxy) is 1. The van der Waals surface area contributed by atoms with Crippen LogP contribution in [0, 0.1) is 0 Å². The van der Waals surface area contributed by atoms with E-state index in [1.165, 1.54) is 0 Å². The molecule has 1 unspecified atom stereocenters. The number of amides is 1. The summed E-state index contributed by atoms with van der Waals surface area (Å²) in [5.74, 6) is 0.551. The van der Waals surface area contributed by atoms with Gasteiger partial charge in [-0.05, 0) is 41.1 Å². The smallest absolute Gasteiger partial charge is 0.265 e. The molecule has 3 rings (SSSR count). The highest BCUT2D eigenvalue weighted by molar-refractivity contribution is 9.10. The summed E-state index contributed by atoms with van der Waals surface area (Å²) >= 11 is 3.26. The van der Waals surface area contributed by atoms with Crippen LogP contribution >= 0.6 is 15.9 Å². The van der Waals surface area contributed by atoms with Crippen molar-refractivity contribution in [2.45, 2.75) is 13.0 Å². The van der Waals surface area contributed by atoms with Crippen molar-refractivity contribution >= 4 is 27.5 Å². The van der Waals surface area contributed by atoms with Gasteiger partial charge in [-0.3, -0.25) is 4.79 Å². The predicted molar refractivity (Wildman–Crippen MR) is 70.4 cm³/mol. The Morgan fingerprint density at radius 3 is 3.00 bits per heavy atom. The molecule has 1 atom stereocenters. The summed E-state index contributed by atoms with van der Waals surface area (Å²) in [6.45, 7) is 1.72. The van der Waals surface area contributed by atoms with Gasteiger partial charge in [0.05, 0.1) is 17.6 Å². The van der Waals surface area contributed by atoms with Crippen LogP contribution in [0.1, 0.15) is 6.92 Å². The number of hydrogen-bond acceptors (Lipinski definition) is 3. The number of aromatic nitrogens is 2. The first kappa shape index (κ1) is 11.3. The lowest BCUT2D eigenvalue weighted by atomic mass is 10.1. The number of imidazole rings is 1. The number of H-pyrrole nitrogens is 1. The number of aromatic amines is 1. The van der Waals surface area contributed by atoms with Gasteiger partial charge in [-0.2, -0.15) is 0 Å². The topological polar surface area (TPSA) is 67.0 Å². The highest BCUT2D eigenvalue weighted by Gasteiger charge is 2.23. The van der Waals surface area contributed by atoms with Crippen molar-refractivity contribution < 1.29 is 9.53 Å². The zero-order valence-corrected chi connectivity index (χ0v) is 11.1. The van der Waals surface area contributed by atoms with Crippen molar-refractivity contribution in [3.05, 3.63) is 29.1 Å². The SMILES string of the molecule is CC1Oc2ccc(-c3cnc(Br)[nH]3)cc2NC1=O. The molecule has 0 bridgehead atoms. The van der Waals surface area contributed by atoms with E-state index in [9.17, 15) is 4.79 Å². The molecule has 1 aromatic heterocycles. The summed E-state index contributed by atoms with van der Waals surface area (Å²) < 4.78 is 6.16. The van der Waals surface area contributed by atoms with Gasteiger partial charge in [0.2, 0.25) is 0 Å². The minimum absolute atomic E-state index is 0.134. The average molecular weight is 308 g/mol. The normalized spacial score (nSPS) is 17.9. The molecule has 0 saturated carbocycles. The van der Waals surface area contributed by atoms with E-state index in [4.69, 9.17) is 4.74 Å². The number of nitrogens with zero attached hydrogens (tertiary/aromatic N) is 1. The second-order valence-corrected chi connectivity index (χ2v) is 4.80. The van der Waals surface area contributed by atoms with E-state index in [0.29, 0.717) is 16.2 Å². The van der Waals surface area contributed by atoms with Crippen LogP contribution in [0.2, 0.25) is 0 Å². The minimum Gasteiger partial charge on any atom is -0.479 e. The molecule has 0 aliphatic carbocycles. The largest absolute Gasteiger partial charge is 0.479 e. The van der Waals surface area contributed by atoms with Gasteiger partial charge >= 0.3 is 0 Å². The lowest BCUT2D eigenvalue weighted by Crippen LogP contribution is -2.34. The van der Waals surface area contributed by atoms with Crippen LogP contribution < -0.4 is 10.1 Å². The van der Waals surface area contributed by atoms with Crippen LogP contribution in [0.25, 0.3) is 11.3 Å². The molecule has 1 aromatic carbocycles. The Bertz CT molecular complexity index is 624. The van der Waals surface area contributed by atoms with E-state index in [1.807, 2.05) is 18.2 Å². The molecule has 0 radical (unpaired) electrons. The Hall–Kier alpha value is -1.82. The highest BCUT2D eigenvalue weighted by atomic mass is 79.9. The number of benzene rings is 1. The zero-order valence-electron chi connectivity index (χ0n) is 9.53. The van der Waals surface area contributed by atoms with Crippen molar-refractivity contribution in [1.29, 1.82) is 0 Å². The lowest BCUT2D eigenvalue weighted by molar-refractivity contribution is -0.122. The zero-order chi connectivity index (χ0) is 12.7. The van der Waals surface area contributed by atoms with Crippen LogP contribution in [0.4, 0.5) is 5.69 Å². The van der Waals surface area contributed by atoms with Crippen LogP contribution in [0.5, 0.6) is 5.75 Å². The number of nitrogens with one attached hydrogen (secondary N) is 2. The molecule has 0 spiro atoms. The Labute approximate surface area is 112 Å². The summed E-state index contributed by atoms with van der Waals surface area (Å²) in [7, 11) is 0. The first-order chi connectivity index (χ1) is 8.63. The molecular formula is C12H10BrN3O2. The van der Waals surface area contributed by atoms with Crippen molar-refractivity contribution in [1.82, 2.24) is 9.97 Å². The second kappa shape index (κ2) is 4.13. The van der Waals surface area contributed by atoms with E-state index in [-0.39, 0.29) is 5.91 Å². The molecule has 1 amide bonds. The summed E-state index contributed by atoms with van der Waals surface area (Å²) in [6, 6.07) is 5.62. The number of halogens is 1. The van der Waals surface area contributed by atoms with Crippen LogP contribution in [-0.4, -0.2) is 22.0 Å². The van der Waals surface area contributed by atoms with Crippen molar-refractivity contribution in [3.63, 3.8) is 0 Å². The van der Waals surface area contributed by atoms with Crippen molar-refractivity contribution in [2.75, 3.05) is 5.32 Å². The molecule has 2 N–H and O–H groups in total. The number of carbonyl (C=O) groups is 1. The van der Waals surface area contributed by atoms with Crippen LogP contribution in [0.3, 0.4) is 0 Å². The van der Waals surface area contributed by atoms with E-state index >= 15 is 0 Å². The number of rotatable bonds is 1. The van der Waals surface area contributed by atoms with Crippen molar-refractivity contribution in [3.8, 4) is 17.0 Å². The van der Waals surface area contributed by atoms with Gasteiger partial charge in [0.1, 0.15) is 5.75 Å². The first-order valence-corrected chi connectivity index (χ1v) is 6.25. The minimum atomic E-state index is -0.454. The fraction of sp³-hybridized carbons (Fsp3) is 0.167. The van der Waals surface area contributed by atoms with Gasteiger partial charge in [-0.1, -0.05) is 0 Å². The summed E-state index contributed by atoms with van der Waals surface area (Å²) in [4.78, 5) is 18.7. The molecule has 5 nitrogen and oxygen atoms in total. The van der Waals surface area contributed by atoms with Crippen molar-refractivity contribution in [2.24, 2.45) is 0 Å². The second-order valence-electron chi connectivity index (χ2n) is 4.05. The molecule has 6 heteroatoms. The molecule has 0 fully saturated rings. The van der Waals surface area contributed by atoms with Gasteiger partial charge < -0.3 is 15.0 Å². The van der Waals surface area contributed by atoms with E-state index in [0.717, 1.165) is 11.3 Å². The number of hydrogen-bond donors (Lipinski definition) is 2. The maximum Gasteiger partial charge on any atom is 0.265 e. The Morgan fingerprint density at radius 2 is 2.28 bits per heavy atom.